The molecular formula is C25H24N2O7S2. The molecule has 0 aromatic heterocycles. The highest BCUT2D eigenvalue weighted by molar-refractivity contribution is 8.26. The number of rotatable bonds is 9. The van der Waals surface area contributed by atoms with Crippen LogP contribution in [0.3, 0.4) is 0 Å². The zero-order valence-electron chi connectivity index (χ0n) is 20.2. The van der Waals surface area contributed by atoms with Gasteiger partial charge in [-0.2, -0.15) is 0 Å². The lowest BCUT2D eigenvalue weighted by molar-refractivity contribution is -0.120. The van der Waals surface area contributed by atoms with Crippen LogP contribution >= 0.6 is 24.0 Å². The Hall–Kier alpha value is -3.83. The first-order valence-corrected chi connectivity index (χ1v) is 11.7. The second-order valence-electron chi connectivity index (χ2n) is 7.26. The maximum absolute atomic E-state index is 13.1. The lowest BCUT2D eigenvalue weighted by Gasteiger charge is -2.14. The lowest BCUT2D eigenvalue weighted by atomic mass is 10.1. The molecular weight excluding hydrogens is 504 g/mol. The van der Waals surface area contributed by atoms with Crippen molar-refractivity contribution in [1.82, 2.24) is 4.90 Å². The normalized spacial score (nSPS) is 14.6. The lowest BCUT2D eigenvalue weighted by Crippen LogP contribution is -2.27. The summed E-state index contributed by atoms with van der Waals surface area (Å²) in [6, 6.07) is 10.1. The molecule has 1 fully saturated rings. The van der Waals surface area contributed by atoms with Gasteiger partial charge in [0.25, 0.3) is 11.8 Å². The Labute approximate surface area is 218 Å². The summed E-state index contributed by atoms with van der Waals surface area (Å²) in [5.74, 6) is -0.0366. The number of methoxy groups -OCH3 is 4. The molecule has 2 aromatic rings. The topological polar surface area (TPSA) is 103 Å². The molecule has 0 aliphatic carbocycles. The number of nitrogens with one attached hydrogen (secondary N) is 1. The van der Waals surface area contributed by atoms with Gasteiger partial charge in [0.1, 0.15) is 5.75 Å². The summed E-state index contributed by atoms with van der Waals surface area (Å²) in [5, 5.41) is 2.64. The van der Waals surface area contributed by atoms with E-state index in [2.05, 4.69) is 5.32 Å². The number of carbonyl (C=O) groups is 3. The maximum atomic E-state index is 13.1. The van der Waals surface area contributed by atoms with Crippen LogP contribution in [0.15, 0.2) is 53.1 Å². The molecule has 9 nitrogen and oxygen atoms in total. The van der Waals surface area contributed by atoms with Gasteiger partial charge < -0.3 is 24.3 Å². The van der Waals surface area contributed by atoms with Crippen molar-refractivity contribution in [2.75, 3.05) is 33.8 Å². The number of hydrogen-bond acceptors (Lipinski definition) is 9. The first kappa shape index (κ1) is 26.8. The molecule has 3 rings (SSSR count). The van der Waals surface area contributed by atoms with E-state index in [0.717, 1.165) is 22.9 Å². The van der Waals surface area contributed by atoms with Gasteiger partial charge in [0, 0.05) is 6.20 Å². The molecule has 11 heteroatoms. The van der Waals surface area contributed by atoms with Crippen molar-refractivity contribution in [3.63, 3.8) is 0 Å². The van der Waals surface area contributed by atoms with Gasteiger partial charge in [-0.25, -0.2) is 0 Å². The van der Waals surface area contributed by atoms with Crippen molar-refractivity contribution in [2.24, 2.45) is 0 Å². The molecule has 0 unspecified atom stereocenters. The number of amides is 2. The zero-order valence-corrected chi connectivity index (χ0v) is 21.9. The Morgan fingerprint density at radius 3 is 2.14 bits per heavy atom. The molecule has 0 saturated carbocycles. The second-order valence-corrected chi connectivity index (χ2v) is 8.94. The fourth-order valence-electron chi connectivity index (χ4n) is 3.30. The highest BCUT2D eigenvalue weighted by atomic mass is 32.2. The number of benzene rings is 2. The number of Topliss-reactive ketones (excluding diaryl/α,β-unsaturated/α-hetero) is 1. The van der Waals surface area contributed by atoms with Gasteiger partial charge >= 0.3 is 0 Å². The Bertz CT molecular complexity index is 1260. The van der Waals surface area contributed by atoms with Crippen molar-refractivity contribution in [3.8, 4) is 23.0 Å². The van der Waals surface area contributed by atoms with Crippen LogP contribution in [0, 0.1) is 0 Å². The molecule has 1 aliphatic rings. The number of nitrogens with zero attached hydrogens (tertiary/aromatic N) is 1. The summed E-state index contributed by atoms with van der Waals surface area (Å²) in [5.41, 5.74) is 0.741. The van der Waals surface area contributed by atoms with Gasteiger partial charge in [0.05, 0.1) is 44.6 Å². The number of anilines is 1. The van der Waals surface area contributed by atoms with Crippen LogP contribution in [-0.2, 0) is 14.4 Å². The highest BCUT2D eigenvalue weighted by Gasteiger charge is 2.33. The molecule has 36 heavy (non-hydrogen) atoms. The third kappa shape index (κ3) is 5.69. The van der Waals surface area contributed by atoms with Gasteiger partial charge in [0.2, 0.25) is 5.75 Å². The van der Waals surface area contributed by atoms with E-state index in [1.165, 1.54) is 35.4 Å². The van der Waals surface area contributed by atoms with Gasteiger partial charge in [0.15, 0.2) is 21.6 Å². The van der Waals surface area contributed by atoms with E-state index in [9.17, 15) is 14.4 Å². The van der Waals surface area contributed by atoms with Crippen LogP contribution in [0.25, 0.3) is 6.08 Å². The van der Waals surface area contributed by atoms with Crippen molar-refractivity contribution < 1.29 is 33.3 Å². The number of thioether (sulfide) groups is 1. The minimum absolute atomic E-state index is 0.169. The smallest absolute Gasteiger partial charge is 0.270 e. The molecule has 2 amide bonds. The average molecular weight is 529 g/mol. The first-order valence-electron chi connectivity index (χ1n) is 10.5. The number of thiocarbonyl (C=S) groups is 1. The van der Waals surface area contributed by atoms with Gasteiger partial charge in [-0.05, 0) is 42.8 Å². The summed E-state index contributed by atoms with van der Waals surface area (Å²) >= 11 is 6.40. The summed E-state index contributed by atoms with van der Waals surface area (Å²) < 4.78 is 21.4. The van der Waals surface area contributed by atoms with Crippen LogP contribution in [0.5, 0.6) is 23.0 Å². The Kier molecular flexibility index (Phi) is 8.73. The van der Waals surface area contributed by atoms with Crippen molar-refractivity contribution in [2.45, 2.75) is 6.92 Å². The molecule has 0 bridgehead atoms. The van der Waals surface area contributed by atoms with E-state index in [1.54, 1.807) is 42.5 Å². The maximum Gasteiger partial charge on any atom is 0.270 e. The fourth-order valence-corrected chi connectivity index (χ4v) is 4.51. The molecule has 2 aromatic carbocycles. The molecule has 1 aliphatic heterocycles. The van der Waals surface area contributed by atoms with Crippen LogP contribution in [0.4, 0.5) is 5.69 Å². The molecule has 0 atom stereocenters. The second kappa shape index (κ2) is 11.7. The minimum Gasteiger partial charge on any atom is -0.495 e. The Morgan fingerprint density at radius 1 is 0.972 bits per heavy atom. The van der Waals surface area contributed by atoms with E-state index < -0.39 is 17.6 Å². The van der Waals surface area contributed by atoms with Crippen LogP contribution in [-0.4, -0.2) is 55.3 Å². The van der Waals surface area contributed by atoms with E-state index in [-0.39, 0.29) is 9.89 Å². The molecule has 1 N–H and O–H groups in total. The van der Waals surface area contributed by atoms with E-state index >= 15 is 0 Å². The third-order valence-electron chi connectivity index (χ3n) is 5.05. The van der Waals surface area contributed by atoms with Crippen LogP contribution in [0.1, 0.15) is 12.5 Å². The average Bonchev–Trinajstić information content (AvgIpc) is 3.13. The number of carbonyl (C=O) groups excluding carboxylic acids is 3. The van der Waals surface area contributed by atoms with E-state index in [4.69, 9.17) is 31.2 Å². The van der Waals surface area contributed by atoms with E-state index in [1.807, 2.05) is 0 Å². The number of ketones is 1. The fraction of sp³-hybridized carbons (Fsp3) is 0.200. The predicted molar refractivity (Wildman–Crippen MR) is 141 cm³/mol. The van der Waals surface area contributed by atoms with E-state index in [0.29, 0.717) is 39.2 Å². The summed E-state index contributed by atoms with van der Waals surface area (Å²) in [6.07, 6.45) is 2.76. The number of ether oxygens (including phenoxy) is 4. The zero-order chi connectivity index (χ0) is 26.4. The predicted octanol–water partition coefficient (Wildman–Crippen LogP) is 4.03. The molecule has 1 heterocycles. The SMILES string of the molecule is COc1ccccc1NC(=O)/C(=C/N1C(=O)/C(=C/c2cc(OC)c(OC)c(OC)c2)SC1=S)C(C)=O. The monoisotopic (exact) mass is 528 g/mol. The van der Waals surface area contributed by atoms with Crippen molar-refractivity contribution in [3.05, 3.63) is 58.6 Å². The van der Waals surface area contributed by atoms with Gasteiger partial charge in [-0.15, -0.1) is 0 Å². The number of para-hydroxylation sites is 2. The van der Waals surface area contributed by atoms with Crippen molar-refractivity contribution in [1.29, 1.82) is 0 Å². The molecule has 0 spiro atoms. The molecule has 188 valence electrons. The summed E-state index contributed by atoms with van der Waals surface area (Å²) in [4.78, 5) is 39.7. The summed E-state index contributed by atoms with van der Waals surface area (Å²) in [6.45, 7) is 1.23. The Morgan fingerprint density at radius 2 is 1.58 bits per heavy atom. The van der Waals surface area contributed by atoms with Crippen LogP contribution < -0.4 is 24.3 Å². The van der Waals surface area contributed by atoms with Gasteiger partial charge in [-0.3, -0.25) is 19.3 Å². The van der Waals surface area contributed by atoms with Crippen molar-refractivity contribution >= 4 is 57.7 Å². The Balaban J connectivity index is 1.92. The van der Waals surface area contributed by atoms with Gasteiger partial charge in [-0.1, -0.05) is 36.1 Å². The third-order valence-corrected chi connectivity index (χ3v) is 6.38. The molecule has 1 saturated heterocycles. The van der Waals surface area contributed by atoms with Crippen LogP contribution in [0.2, 0.25) is 0 Å². The molecule has 0 radical (unpaired) electrons. The first-order chi connectivity index (χ1) is 17.2. The standard InChI is InChI=1S/C25H24N2O7S2/c1-14(28)16(23(29)26-17-8-6-7-9-18(17)31-2)13-27-24(30)21(36-25(27)35)12-15-10-19(32-3)22(34-5)20(11-15)33-4/h6-13H,1-5H3,(H,26,29)/b16-13+,21-12-. The quantitative estimate of drug-likeness (QED) is 0.224. The highest BCUT2D eigenvalue weighted by Crippen LogP contribution is 2.40. The summed E-state index contributed by atoms with van der Waals surface area (Å²) in [7, 11) is 5.94. The largest absolute Gasteiger partial charge is 0.495 e. The number of hydrogen-bond donors (Lipinski definition) is 1. The minimum atomic E-state index is -0.699.